The second-order valence-electron chi connectivity index (χ2n) is 6.15. The normalized spacial score (nSPS) is 23.6. The van der Waals surface area contributed by atoms with Crippen LogP contribution in [0, 0.1) is 5.92 Å². The fourth-order valence-electron chi connectivity index (χ4n) is 3.17. The molecule has 0 saturated heterocycles. The first kappa shape index (κ1) is 16.2. The van der Waals surface area contributed by atoms with Crippen LogP contribution >= 0.6 is 0 Å². The molecule has 0 heterocycles. The Morgan fingerprint density at radius 1 is 1.19 bits per heavy atom. The number of benzene rings is 1. The Hall–Kier alpha value is -1.22. The van der Waals surface area contributed by atoms with Crippen molar-refractivity contribution in [2.75, 3.05) is 13.7 Å². The lowest BCUT2D eigenvalue weighted by Crippen LogP contribution is -2.25. The molecule has 1 N–H and O–H groups in total. The molecule has 3 nitrogen and oxygen atoms in total. The van der Waals surface area contributed by atoms with E-state index in [1.165, 1.54) is 12.8 Å². The van der Waals surface area contributed by atoms with E-state index in [-0.39, 0.29) is 6.04 Å². The van der Waals surface area contributed by atoms with Gasteiger partial charge in [-0.05, 0) is 57.2 Å². The monoisotopic (exact) mass is 291 g/mol. The summed E-state index contributed by atoms with van der Waals surface area (Å²) in [6.45, 7) is 7.55. The van der Waals surface area contributed by atoms with Crippen molar-refractivity contribution in [3.05, 3.63) is 23.8 Å². The van der Waals surface area contributed by atoms with E-state index in [4.69, 9.17) is 9.47 Å². The molecule has 1 fully saturated rings. The third-order valence-electron chi connectivity index (χ3n) is 4.45. The van der Waals surface area contributed by atoms with Gasteiger partial charge in [0.15, 0.2) is 0 Å². The van der Waals surface area contributed by atoms with Gasteiger partial charge in [0.05, 0.1) is 18.8 Å². The summed E-state index contributed by atoms with van der Waals surface area (Å²) in [5.41, 5.74) is 1.14. The molecule has 0 aliphatic heterocycles. The number of ether oxygens (including phenoxy) is 2. The lowest BCUT2D eigenvalue weighted by Gasteiger charge is -2.29. The van der Waals surface area contributed by atoms with Crippen molar-refractivity contribution in [1.82, 2.24) is 5.32 Å². The highest BCUT2D eigenvalue weighted by Gasteiger charge is 2.23. The van der Waals surface area contributed by atoms with Crippen molar-refractivity contribution in [2.24, 2.45) is 5.92 Å². The first-order valence-electron chi connectivity index (χ1n) is 8.22. The first-order chi connectivity index (χ1) is 10.2. The molecule has 1 atom stereocenters. The van der Waals surface area contributed by atoms with Crippen molar-refractivity contribution in [3.8, 4) is 11.5 Å². The molecule has 0 amide bonds. The highest BCUT2D eigenvalue weighted by Crippen LogP contribution is 2.36. The number of hydrogen-bond donors (Lipinski definition) is 1. The predicted octanol–water partition coefficient (Wildman–Crippen LogP) is 4.32. The van der Waals surface area contributed by atoms with E-state index in [2.05, 4.69) is 32.2 Å². The standard InChI is InChI=1S/C18H29NO2/c1-5-19-14(3)18-16(20-4)7-6-8-17(18)21-15-11-9-13(2)10-12-15/h6-8,13-15,19H,5,9-12H2,1-4H3. The zero-order valence-electron chi connectivity index (χ0n) is 13.8. The van der Waals surface area contributed by atoms with E-state index in [0.29, 0.717) is 6.10 Å². The number of nitrogens with one attached hydrogen (secondary N) is 1. The molecule has 21 heavy (non-hydrogen) atoms. The molecule has 3 heteroatoms. The van der Waals surface area contributed by atoms with Gasteiger partial charge in [0, 0.05) is 6.04 Å². The summed E-state index contributed by atoms with van der Waals surface area (Å²) >= 11 is 0. The quantitative estimate of drug-likeness (QED) is 0.846. The minimum atomic E-state index is 0.226. The van der Waals surface area contributed by atoms with Crippen LogP contribution in [0.2, 0.25) is 0 Å². The molecule has 1 unspecified atom stereocenters. The number of hydrogen-bond acceptors (Lipinski definition) is 3. The molecule has 1 aromatic carbocycles. The second-order valence-corrected chi connectivity index (χ2v) is 6.15. The zero-order chi connectivity index (χ0) is 15.2. The minimum absolute atomic E-state index is 0.226. The lowest BCUT2D eigenvalue weighted by atomic mass is 9.89. The molecule has 0 bridgehead atoms. The Morgan fingerprint density at radius 3 is 2.48 bits per heavy atom. The van der Waals surface area contributed by atoms with Gasteiger partial charge in [-0.1, -0.05) is 19.9 Å². The van der Waals surface area contributed by atoms with E-state index >= 15 is 0 Å². The van der Waals surface area contributed by atoms with Gasteiger partial charge in [-0.15, -0.1) is 0 Å². The molecule has 1 saturated carbocycles. The molecule has 1 aromatic rings. The van der Waals surface area contributed by atoms with Gasteiger partial charge in [-0.2, -0.15) is 0 Å². The van der Waals surface area contributed by atoms with Gasteiger partial charge in [0.25, 0.3) is 0 Å². The summed E-state index contributed by atoms with van der Waals surface area (Å²) in [6, 6.07) is 6.33. The molecule has 1 aliphatic carbocycles. The molecule has 0 radical (unpaired) electrons. The molecule has 2 rings (SSSR count). The van der Waals surface area contributed by atoms with Gasteiger partial charge < -0.3 is 14.8 Å². The van der Waals surface area contributed by atoms with Gasteiger partial charge in [-0.25, -0.2) is 0 Å². The average molecular weight is 291 g/mol. The SMILES string of the molecule is CCNC(C)c1c(OC)cccc1OC1CCC(C)CC1. The summed E-state index contributed by atoms with van der Waals surface area (Å²) in [5.74, 6) is 2.72. The molecule has 1 aliphatic rings. The van der Waals surface area contributed by atoms with E-state index in [0.717, 1.165) is 42.4 Å². The Kier molecular flexibility index (Phi) is 5.92. The third kappa shape index (κ3) is 4.13. The van der Waals surface area contributed by atoms with Crippen LogP contribution in [0.1, 0.15) is 58.1 Å². The maximum absolute atomic E-state index is 6.32. The zero-order valence-corrected chi connectivity index (χ0v) is 13.8. The summed E-state index contributed by atoms with van der Waals surface area (Å²) < 4.78 is 11.9. The lowest BCUT2D eigenvalue weighted by molar-refractivity contribution is 0.133. The Bertz CT molecular complexity index is 439. The maximum atomic E-state index is 6.32. The van der Waals surface area contributed by atoms with E-state index in [1.807, 2.05) is 12.1 Å². The summed E-state index contributed by atoms with van der Waals surface area (Å²) in [5, 5.41) is 3.46. The summed E-state index contributed by atoms with van der Waals surface area (Å²) in [7, 11) is 1.73. The van der Waals surface area contributed by atoms with Crippen LogP contribution in [0.15, 0.2) is 18.2 Å². The minimum Gasteiger partial charge on any atom is -0.496 e. The first-order valence-corrected chi connectivity index (χ1v) is 8.22. The molecule has 118 valence electrons. The smallest absolute Gasteiger partial charge is 0.128 e. The van der Waals surface area contributed by atoms with Crippen LogP contribution in [0.25, 0.3) is 0 Å². The fraction of sp³-hybridized carbons (Fsp3) is 0.667. The largest absolute Gasteiger partial charge is 0.496 e. The van der Waals surface area contributed by atoms with Gasteiger partial charge >= 0.3 is 0 Å². The second kappa shape index (κ2) is 7.69. The Balaban J connectivity index is 2.17. The van der Waals surface area contributed by atoms with Gasteiger partial charge in [0.1, 0.15) is 11.5 Å². The van der Waals surface area contributed by atoms with Gasteiger partial charge in [-0.3, -0.25) is 0 Å². The van der Waals surface area contributed by atoms with Crippen LogP contribution in [0.5, 0.6) is 11.5 Å². The van der Waals surface area contributed by atoms with Crippen LogP contribution < -0.4 is 14.8 Å². The van der Waals surface area contributed by atoms with E-state index in [9.17, 15) is 0 Å². The van der Waals surface area contributed by atoms with Gasteiger partial charge in [0.2, 0.25) is 0 Å². The van der Waals surface area contributed by atoms with Crippen molar-refractivity contribution in [3.63, 3.8) is 0 Å². The van der Waals surface area contributed by atoms with Crippen molar-refractivity contribution >= 4 is 0 Å². The Morgan fingerprint density at radius 2 is 1.86 bits per heavy atom. The van der Waals surface area contributed by atoms with Crippen molar-refractivity contribution in [2.45, 2.75) is 58.6 Å². The summed E-state index contributed by atoms with van der Waals surface area (Å²) in [6.07, 6.45) is 5.21. The van der Waals surface area contributed by atoms with E-state index < -0.39 is 0 Å². The molecule has 0 spiro atoms. The third-order valence-corrected chi connectivity index (χ3v) is 4.45. The molecular formula is C18H29NO2. The van der Waals surface area contributed by atoms with Crippen LogP contribution in [-0.4, -0.2) is 19.8 Å². The predicted molar refractivity (Wildman–Crippen MR) is 87.1 cm³/mol. The van der Waals surface area contributed by atoms with Crippen LogP contribution in [0.3, 0.4) is 0 Å². The van der Waals surface area contributed by atoms with Crippen molar-refractivity contribution in [1.29, 1.82) is 0 Å². The molecule has 0 aromatic heterocycles. The fourth-order valence-corrected chi connectivity index (χ4v) is 3.17. The van der Waals surface area contributed by atoms with Crippen molar-refractivity contribution < 1.29 is 9.47 Å². The Labute approximate surface area is 129 Å². The number of methoxy groups -OCH3 is 1. The van der Waals surface area contributed by atoms with Crippen LogP contribution in [-0.2, 0) is 0 Å². The van der Waals surface area contributed by atoms with E-state index in [1.54, 1.807) is 7.11 Å². The number of rotatable bonds is 6. The van der Waals surface area contributed by atoms with Crippen LogP contribution in [0.4, 0.5) is 0 Å². The molecular weight excluding hydrogens is 262 g/mol. The summed E-state index contributed by atoms with van der Waals surface area (Å²) in [4.78, 5) is 0. The maximum Gasteiger partial charge on any atom is 0.128 e. The highest BCUT2D eigenvalue weighted by atomic mass is 16.5. The average Bonchev–Trinajstić information content (AvgIpc) is 2.49. The highest BCUT2D eigenvalue weighted by molar-refractivity contribution is 5.46. The topological polar surface area (TPSA) is 30.5 Å².